The van der Waals surface area contributed by atoms with Crippen molar-refractivity contribution in [2.45, 2.75) is 52.0 Å². The van der Waals surface area contributed by atoms with Crippen LogP contribution in [0.15, 0.2) is 0 Å². The molecule has 0 aromatic carbocycles. The molecule has 1 aliphatic carbocycles. The first-order valence-corrected chi connectivity index (χ1v) is 5.87. The zero-order valence-corrected chi connectivity index (χ0v) is 9.34. The highest BCUT2D eigenvalue weighted by Crippen LogP contribution is 2.51. The second-order valence-electron chi connectivity index (χ2n) is 5.38. The Bertz CT molecular complexity index is 188. The number of rotatable bonds is 1. The first-order valence-electron chi connectivity index (χ1n) is 5.87. The molecule has 0 unspecified atom stereocenters. The van der Waals surface area contributed by atoms with Gasteiger partial charge in [0.15, 0.2) is 0 Å². The highest BCUT2D eigenvalue weighted by atomic mass is 15.2. The highest BCUT2D eigenvalue weighted by molar-refractivity contribution is 5.01. The molecule has 1 aliphatic heterocycles. The van der Waals surface area contributed by atoms with Gasteiger partial charge in [0.1, 0.15) is 0 Å². The van der Waals surface area contributed by atoms with Gasteiger partial charge in [-0.3, -0.25) is 0 Å². The first kappa shape index (κ1) is 9.51. The van der Waals surface area contributed by atoms with E-state index in [1.165, 1.54) is 38.6 Å². The summed E-state index contributed by atoms with van der Waals surface area (Å²) in [6.07, 6.45) is 7.31. The van der Waals surface area contributed by atoms with Crippen molar-refractivity contribution in [3.63, 3.8) is 0 Å². The van der Waals surface area contributed by atoms with Crippen molar-refractivity contribution in [3.05, 3.63) is 0 Å². The molecule has 1 saturated heterocycles. The molecule has 0 aromatic rings. The van der Waals surface area contributed by atoms with Gasteiger partial charge in [0, 0.05) is 6.04 Å². The summed E-state index contributed by atoms with van der Waals surface area (Å²) in [7, 11) is 2.33. The van der Waals surface area contributed by atoms with Crippen molar-refractivity contribution in [2.75, 3.05) is 13.6 Å². The van der Waals surface area contributed by atoms with Crippen molar-refractivity contribution in [1.29, 1.82) is 0 Å². The molecule has 2 aliphatic rings. The maximum Gasteiger partial charge on any atom is 0.0151 e. The number of hydrogen-bond donors (Lipinski definition) is 0. The topological polar surface area (TPSA) is 3.24 Å². The van der Waals surface area contributed by atoms with Gasteiger partial charge < -0.3 is 4.90 Å². The number of piperidine rings is 1. The van der Waals surface area contributed by atoms with Crippen LogP contribution in [0.25, 0.3) is 0 Å². The van der Waals surface area contributed by atoms with Gasteiger partial charge in [-0.15, -0.1) is 0 Å². The molecule has 76 valence electrons. The molecule has 0 radical (unpaired) electrons. The van der Waals surface area contributed by atoms with Crippen LogP contribution in [-0.4, -0.2) is 24.5 Å². The highest BCUT2D eigenvalue weighted by Gasteiger charge is 2.48. The molecule has 0 aromatic heterocycles. The van der Waals surface area contributed by atoms with Gasteiger partial charge in [0.05, 0.1) is 0 Å². The van der Waals surface area contributed by atoms with E-state index in [1.807, 2.05) is 0 Å². The zero-order valence-electron chi connectivity index (χ0n) is 9.34. The zero-order chi connectivity index (χ0) is 9.47. The van der Waals surface area contributed by atoms with Crippen molar-refractivity contribution in [2.24, 2.45) is 11.3 Å². The van der Waals surface area contributed by atoms with Crippen LogP contribution in [-0.2, 0) is 0 Å². The maximum atomic E-state index is 2.62. The van der Waals surface area contributed by atoms with E-state index in [9.17, 15) is 0 Å². The lowest BCUT2D eigenvalue weighted by atomic mass is 9.67. The molecule has 0 N–H and O–H groups in total. The van der Waals surface area contributed by atoms with Gasteiger partial charge in [-0.2, -0.15) is 0 Å². The van der Waals surface area contributed by atoms with Crippen LogP contribution in [0.1, 0.15) is 46.0 Å². The summed E-state index contributed by atoms with van der Waals surface area (Å²) in [6, 6.07) is 0.904. The minimum Gasteiger partial charge on any atom is -0.303 e. The average Bonchev–Trinajstić information content (AvgIpc) is 2.50. The van der Waals surface area contributed by atoms with Crippen LogP contribution in [0.4, 0.5) is 0 Å². The minimum absolute atomic E-state index is 0.688. The van der Waals surface area contributed by atoms with E-state index in [-0.39, 0.29) is 0 Å². The Hall–Kier alpha value is -0.0400. The Morgan fingerprint density at radius 1 is 1.23 bits per heavy atom. The first-order chi connectivity index (χ1) is 6.17. The molecule has 2 rings (SSSR count). The van der Waals surface area contributed by atoms with Crippen LogP contribution >= 0.6 is 0 Å². The van der Waals surface area contributed by atoms with Crippen LogP contribution in [0.5, 0.6) is 0 Å². The van der Waals surface area contributed by atoms with E-state index in [2.05, 4.69) is 25.8 Å². The SMILES string of the molecule is CC(C)[C@]12CCC[C@H]1N(C)CCC2. The molecule has 0 bridgehead atoms. The van der Waals surface area contributed by atoms with E-state index < -0.39 is 0 Å². The fourth-order valence-corrected chi connectivity index (χ4v) is 3.81. The molecule has 13 heavy (non-hydrogen) atoms. The molecule has 2 fully saturated rings. The number of likely N-dealkylation sites (tertiary alicyclic amines) is 1. The largest absolute Gasteiger partial charge is 0.303 e. The Balaban J connectivity index is 2.22. The third-order valence-corrected chi connectivity index (χ3v) is 4.62. The lowest BCUT2D eigenvalue weighted by Gasteiger charge is -2.48. The van der Waals surface area contributed by atoms with E-state index >= 15 is 0 Å². The van der Waals surface area contributed by atoms with E-state index in [1.54, 1.807) is 0 Å². The van der Waals surface area contributed by atoms with Crippen LogP contribution < -0.4 is 0 Å². The molecule has 1 nitrogen and oxygen atoms in total. The van der Waals surface area contributed by atoms with Crippen LogP contribution in [0, 0.1) is 11.3 Å². The van der Waals surface area contributed by atoms with Crippen molar-refractivity contribution >= 4 is 0 Å². The molecule has 1 saturated carbocycles. The van der Waals surface area contributed by atoms with Gasteiger partial charge in [-0.1, -0.05) is 20.3 Å². The van der Waals surface area contributed by atoms with Crippen molar-refractivity contribution in [1.82, 2.24) is 4.90 Å². The Labute approximate surface area is 82.5 Å². The molecule has 2 atom stereocenters. The average molecular weight is 181 g/mol. The Kier molecular flexibility index (Phi) is 2.39. The van der Waals surface area contributed by atoms with Gasteiger partial charge in [0.2, 0.25) is 0 Å². The third kappa shape index (κ3) is 1.32. The number of hydrogen-bond acceptors (Lipinski definition) is 1. The Morgan fingerprint density at radius 3 is 2.54 bits per heavy atom. The normalized spacial score (nSPS) is 41.1. The summed E-state index contributed by atoms with van der Waals surface area (Å²) in [5.74, 6) is 0.878. The predicted molar refractivity (Wildman–Crippen MR) is 56.8 cm³/mol. The van der Waals surface area contributed by atoms with Crippen molar-refractivity contribution < 1.29 is 0 Å². The van der Waals surface area contributed by atoms with Crippen LogP contribution in [0.3, 0.4) is 0 Å². The molecule has 0 amide bonds. The fourth-order valence-electron chi connectivity index (χ4n) is 3.81. The van der Waals surface area contributed by atoms with E-state index in [0.29, 0.717) is 5.41 Å². The lowest BCUT2D eigenvalue weighted by Crippen LogP contribution is -2.49. The van der Waals surface area contributed by atoms with Crippen molar-refractivity contribution in [3.8, 4) is 0 Å². The number of nitrogens with zero attached hydrogens (tertiary/aromatic N) is 1. The maximum absolute atomic E-state index is 2.62. The summed E-state index contributed by atoms with van der Waals surface area (Å²) < 4.78 is 0. The molecule has 1 heteroatoms. The van der Waals surface area contributed by atoms with Gasteiger partial charge in [0.25, 0.3) is 0 Å². The van der Waals surface area contributed by atoms with Gasteiger partial charge in [-0.05, 0) is 50.6 Å². The van der Waals surface area contributed by atoms with Crippen LogP contribution in [0.2, 0.25) is 0 Å². The molecular weight excluding hydrogens is 158 g/mol. The number of fused-ring (bicyclic) bond motifs is 1. The summed E-state index contributed by atoms with van der Waals surface area (Å²) in [5, 5.41) is 0. The summed E-state index contributed by atoms with van der Waals surface area (Å²) >= 11 is 0. The Morgan fingerprint density at radius 2 is 1.92 bits per heavy atom. The van der Waals surface area contributed by atoms with E-state index in [0.717, 1.165) is 12.0 Å². The molecular formula is C12H23N. The predicted octanol–water partition coefficient (Wildman–Crippen LogP) is 2.91. The second-order valence-corrected chi connectivity index (χ2v) is 5.38. The molecule has 1 heterocycles. The second kappa shape index (κ2) is 3.27. The standard InChI is InChI=1S/C12H23N/c1-10(2)12-7-4-6-11(12)13(3)9-5-8-12/h10-11H,4-9H2,1-3H3/t11-,12-/m1/s1. The van der Waals surface area contributed by atoms with E-state index in [4.69, 9.17) is 0 Å². The minimum atomic E-state index is 0.688. The van der Waals surface area contributed by atoms with Gasteiger partial charge >= 0.3 is 0 Å². The smallest absolute Gasteiger partial charge is 0.0151 e. The van der Waals surface area contributed by atoms with Gasteiger partial charge in [-0.25, -0.2) is 0 Å². The lowest BCUT2D eigenvalue weighted by molar-refractivity contribution is 0.0180. The summed E-state index contributed by atoms with van der Waals surface area (Å²) in [4.78, 5) is 2.62. The third-order valence-electron chi connectivity index (χ3n) is 4.62. The quantitative estimate of drug-likeness (QED) is 0.601. The summed E-state index contributed by atoms with van der Waals surface area (Å²) in [6.45, 7) is 6.19. The summed E-state index contributed by atoms with van der Waals surface area (Å²) in [5.41, 5.74) is 0.688. The fraction of sp³-hybridized carbons (Fsp3) is 1.00. The monoisotopic (exact) mass is 181 g/mol. The molecule has 0 spiro atoms.